The van der Waals surface area contributed by atoms with Crippen molar-refractivity contribution in [3.05, 3.63) is 65.7 Å². The van der Waals surface area contributed by atoms with Crippen LogP contribution >= 0.6 is 0 Å². The molecule has 2 aliphatic heterocycles. The molecule has 3 heteroatoms. The van der Waals surface area contributed by atoms with E-state index in [0.717, 1.165) is 18.8 Å². The average Bonchev–Trinajstić information content (AvgIpc) is 2.70. The smallest absolute Gasteiger partial charge is 0.122 e. The van der Waals surface area contributed by atoms with Crippen LogP contribution in [0.5, 0.6) is 5.75 Å². The molecule has 0 aliphatic carbocycles. The summed E-state index contributed by atoms with van der Waals surface area (Å²) < 4.78 is 5.59. The van der Waals surface area contributed by atoms with Crippen molar-refractivity contribution in [3.63, 3.8) is 0 Å². The first kappa shape index (κ1) is 16.6. The van der Waals surface area contributed by atoms with Gasteiger partial charge in [-0.15, -0.1) is 0 Å². The van der Waals surface area contributed by atoms with Gasteiger partial charge >= 0.3 is 0 Å². The van der Waals surface area contributed by atoms with Gasteiger partial charge in [0.1, 0.15) is 5.75 Å². The number of nitrogens with one attached hydrogen (secondary N) is 2. The molecule has 0 saturated carbocycles. The Balaban J connectivity index is 1.54. The Morgan fingerprint density at radius 3 is 2.56 bits per heavy atom. The number of benzene rings is 2. The predicted molar refractivity (Wildman–Crippen MR) is 102 cm³/mol. The Hall–Kier alpha value is -1.84. The Bertz CT molecular complexity index is 692. The third-order valence-electron chi connectivity index (χ3n) is 6.05. The molecule has 2 N–H and O–H groups in total. The zero-order valence-corrected chi connectivity index (χ0v) is 15.0. The quantitative estimate of drug-likeness (QED) is 0.888. The lowest BCUT2D eigenvalue weighted by Crippen LogP contribution is -2.60. The third kappa shape index (κ3) is 3.19. The number of ether oxygens (including phenoxy) is 1. The van der Waals surface area contributed by atoms with Crippen molar-refractivity contribution < 1.29 is 4.74 Å². The summed E-state index contributed by atoms with van der Waals surface area (Å²) in [6, 6.07) is 19.8. The third-order valence-corrected chi connectivity index (χ3v) is 6.05. The molecule has 4 rings (SSSR count). The first-order chi connectivity index (χ1) is 12.3. The molecule has 1 unspecified atom stereocenters. The van der Waals surface area contributed by atoms with Gasteiger partial charge in [0.25, 0.3) is 0 Å². The Labute approximate surface area is 150 Å². The van der Waals surface area contributed by atoms with E-state index in [2.05, 4.69) is 65.2 Å². The lowest BCUT2D eigenvalue weighted by atomic mass is 9.71. The molecule has 0 amide bonds. The number of hydrogen-bond donors (Lipinski definition) is 2. The zero-order valence-electron chi connectivity index (χ0n) is 15.0. The summed E-state index contributed by atoms with van der Waals surface area (Å²) in [5.41, 5.74) is 2.93. The van der Waals surface area contributed by atoms with Crippen LogP contribution in [0.1, 0.15) is 48.8 Å². The van der Waals surface area contributed by atoms with Crippen LogP contribution in [0.3, 0.4) is 0 Å². The fraction of sp³-hybridized carbons (Fsp3) is 0.455. The Morgan fingerprint density at radius 2 is 1.80 bits per heavy atom. The highest BCUT2D eigenvalue weighted by Gasteiger charge is 2.44. The van der Waals surface area contributed by atoms with Gasteiger partial charge in [-0.3, -0.25) is 0 Å². The molecule has 2 aliphatic rings. The second-order valence-electron chi connectivity index (χ2n) is 7.42. The second-order valence-corrected chi connectivity index (χ2v) is 7.42. The molecule has 3 nitrogen and oxygen atoms in total. The number of methoxy groups -OCH3 is 1. The van der Waals surface area contributed by atoms with Gasteiger partial charge in [-0.2, -0.15) is 0 Å². The van der Waals surface area contributed by atoms with Crippen molar-refractivity contribution in [2.24, 2.45) is 0 Å². The molecule has 2 heterocycles. The number of hydrogen-bond acceptors (Lipinski definition) is 3. The molecule has 2 fully saturated rings. The van der Waals surface area contributed by atoms with E-state index in [1.54, 1.807) is 7.11 Å². The van der Waals surface area contributed by atoms with Crippen LogP contribution < -0.4 is 15.4 Å². The standard InChI is InChI=1S/C22H28N2O/c1-25-20-11-6-5-10-19(20)18-12-14-22(24-16-18)13-7-15-23-21(22)17-8-3-2-4-9-17/h2-6,8-11,18,21,23-24H,7,12-16H2,1H3/t18-,21?,22+/m1/s1. The van der Waals surface area contributed by atoms with E-state index in [9.17, 15) is 0 Å². The summed E-state index contributed by atoms with van der Waals surface area (Å²) in [7, 11) is 1.77. The maximum absolute atomic E-state index is 5.59. The average molecular weight is 336 g/mol. The van der Waals surface area contributed by atoms with Crippen LogP contribution in [-0.4, -0.2) is 25.7 Å². The van der Waals surface area contributed by atoms with Crippen molar-refractivity contribution in [3.8, 4) is 5.75 Å². The highest BCUT2D eigenvalue weighted by molar-refractivity contribution is 5.37. The van der Waals surface area contributed by atoms with Gasteiger partial charge in [0.2, 0.25) is 0 Å². The van der Waals surface area contributed by atoms with E-state index in [1.807, 2.05) is 0 Å². The lowest BCUT2D eigenvalue weighted by molar-refractivity contribution is 0.131. The normalized spacial score (nSPS) is 29.5. The van der Waals surface area contributed by atoms with Crippen molar-refractivity contribution in [2.45, 2.75) is 43.2 Å². The van der Waals surface area contributed by atoms with Gasteiger partial charge < -0.3 is 15.4 Å². The summed E-state index contributed by atoms with van der Waals surface area (Å²) in [5, 5.41) is 7.75. The molecule has 0 bridgehead atoms. The van der Waals surface area contributed by atoms with E-state index in [1.165, 1.54) is 36.8 Å². The van der Waals surface area contributed by atoms with Gasteiger partial charge in [0, 0.05) is 18.0 Å². The van der Waals surface area contributed by atoms with Crippen LogP contribution in [0.15, 0.2) is 54.6 Å². The first-order valence-electron chi connectivity index (χ1n) is 9.49. The fourth-order valence-corrected chi connectivity index (χ4v) is 4.75. The Kier molecular flexibility index (Phi) is 4.78. The number of rotatable bonds is 3. The minimum absolute atomic E-state index is 0.179. The van der Waals surface area contributed by atoms with Crippen molar-refractivity contribution in [2.75, 3.05) is 20.2 Å². The minimum Gasteiger partial charge on any atom is -0.496 e. The summed E-state index contributed by atoms with van der Waals surface area (Å²) in [5.74, 6) is 1.55. The highest BCUT2D eigenvalue weighted by atomic mass is 16.5. The first-order valence-corrected chi connectivity index (χ1v) is 9.49. The van der Waals surface area contributed by atoms with Crippen molar-refractivity contribution in [1.29, 1.82) is 0 Å². The molecule has 0 radical (unpaired) electrons. The highest BCUT2D eigenvalue weighted by Crippen LogP contribution is 2.43. The molecule has 0 aromatic heterocycles. The van der Waals surface area contributed by atoms with Gasteiger partial charge in [0.05, 0.1) is 13.2 Å². The number of para-hydroxylation sites is 1. The Morgan fingerprint density at radius 1 is 1.00 bits per heavy atom. The predicted octanol–water partition coefficient (Wildman–Crippen LogP) is 4.03. The minimum atomic E-state index is 0.179. The van der Waals surface area contributed by atoms with Gasteiger partial charge in [-0.05, 0) is 49.4 Å². The molecule has 25 heavy (non-hydrogen) atoms. The summed E-state index contributed by atoms with van der Waals surface area (Å²) >= 11 is 0. The van der Waals surface area contributed by atoms with Crippen LogP contribution in [-0.2, 0) is 0 Å². The van der Waals surface area contributed by atoms with E-state index in [0.29, 0.717) is 12.0 Å². The molecule has 1 spiro atoms. The summed E-state index contributed by atoms with van der Waals surface area (Å²) in [6.45, 7) is 2.13. The monoisotopic (exact) mass is 336 g/mol. The van der Waals surface area contributed by atoms with Crippen molar-refractivity contribution in [1.82, 2.24) is 10.6 Å². The maximum atomic E-state index is 5.59. The van der Waals surface area contributed by atoms with Crippen LogP contribution in [0.2, 0.25) is 0 Å². The molecular formula is C22H28N2O. The number of piperidine rings is 2. The summed E-state index contributed by atoms with van der Waals surface area (Å²) in [4.78, 5) is 0. The maximum Gasteiger partial charge on any atom is 0.122 e. The molecule has 132 valence electrons. The molecule has 2 saturated heterocycles. The topological polar surface area (TPSA) is 33.3 Å². The lowest BCUT2D eigenvalue weighted by Gasteiger charge is -2.50. The molecule has 3 atom stereocenters. The molecule has 2 aromatic rings. The van der Waals surface area contributed by atoms with Crippen molar-refractivity contribution >= 4 is 0 Å². The molecule has 2 aromatic carbocycles. The van der Waals surface area contributed by atoms with Crippen LogP contribution in [0, 0.1) is 0 Å². The van der Waals surface area contributed by atoms with E-state index in [-0.39, 0.29) is 5.54 Å². The molecular weight excluding hydrogens is 308 g/mol. The second kappa shape index (κ2) is 7.19. The zero-order chi connectivity index (χ0) is 17.1. The van der Waals surface area contributed by atoms with Gasteiger partial charge in [-0.25, -0.2) is 0 Å². The van der Waals surface area contributed by atoms with E-state index < -0.39 is 0 Å². The summed E-state index contributed by atoms with van der Waals surface area (Å²) in [6.07, 6.45) is 4.90. The van der Waals surface area contributed by atoms with Gasteiger partial charge in [0.15, 0.2) is 0 Å². The van der Waals surface area contributed by atoms with E-state index in [4.69, 9.17) is 4.74 Å². The van der Waals surface area contributed by atoms with Crippen LogP contribution in [0.4, 0.5) is 0 Å². The van der Waals surface area contributed by atoms with Gasteiger partial charge in [-0.1, -0.05) is 48.5 Å². The van der Waals surface area contributed by atoms with E-state index >= 15 is 0 Å². The fourth-order valence-electron chi connectivity index (χ4n) is 4.75. The largest absolute Gasteiger partial charge is 0.496 e. The SMILES string of the molecule is COc1ccccc1[C@@H]1CC[C@]2(CCCNC2c2ccccc2)NC1. The van der Waals surface area contributed by atoms with Crippen LogP contribution in [0.25, 0.3) is 0 Å².